The first-order chi connectivity index (χ1) is 13.6. The third-order valence-corrected chi connectivity index (χ3v) is 6.30. The SMILES string of the molecule is CCCn1c(SCC(=O)N2CCc3ccccc32)nc2ccc(Br)cc2c1=O. The van der Waals surface area contributed by atoms with Crippen molar-refractivity contribution in [1.82, 2.24) is 9.55 Å². The van der Waals surface area contributed by atoms with E-state index in [1.165, 1.54) is 17.3 Å². The zero-order valence-corrected chi connectivity index (χ0v) is 17.9. The third kappa shape index (κ3) is 3.61. The Morgan fingerprint density at radius 2 is 2.07 bits per heavy atom. The number of fused-ring (bicyclic) bond motifs is 2. The minimum absolute atomic E-state index is 0.0446. The fraction of sp³-hybridized carbons (Fsp3) is 0.286. The maximum absolute atomic E-state index is 12.9. The fourth-order valence-corrected chi connectivity index (χ4v) is 4.77. The monoisotopic (exact) mass is 457 g/mol. The van der Waals surface area contributed by atoms with Gasteiger partial charge in [0, 0.05) is 23.2 Å². The number of halogens is 1. The van der Waals surface area contributed by atoms with Crippen molar-refractivity contribution in [2.75, 3.05) is 17.2 Å². The number of thioether (sulfide) groups is 1. The molecular formula is C21H20BrN3O2S. The standard InChI is InChI=1S/C21H20BrN3O2S/c1-2-10-25-20(27)16-12-15(22)7-8-17(16)23-21(25)28-13-19(26)24-11-9-14-5-3-4-6-18(14)24/h3-8,12H,2,9-11,13H2,1H3. The molecule has 0 spiro atoms. The summed E-state index contributed by atoms with van der Waals surface area (Å²) in [6, 6.07) is 13.5. The molecule has 28 heavy (non-hydrogen) atoms. The van der Waals surface area contributed by atoms with Crippen molar-refractivity contribution >= 4 is 50.2 Å². The quantitative estimate of drug-likeness (QED) is 0.424. The zero-order valence-electron chi connectivity index (χ0n) is 15.5. The van der Waals surface area contributed by atoms with Gasteiger partial charge in [0.05, 0.1) is 16.7 Å². The maximum Gasteiger partial charge on any atom is 0.262 e. The molecule has 5 nitrogen and oxygen atoms in total. The maximum atomic E-state index is 12.9. The number of para-hydroxylation sites is 1. The first-order valence-corrected chi connectivity index (χ1v) is 11.1. The fourth-order valence-electron chi connectivity index (χ4n) is 3.51. The molecule has 0 saturated carbocycles. The average Bonchev–Trinajstić information content (AvgIpc) is 3.13. The van der Waals surface area contributed by atoms with Crippen LogP contribution in [-0.4, -0.2) is 27.8 Å². The van der Waals surface area contributed by atoms with Gasteiger partial charge >= 0.3 is 0 Å². The van der Waals surface area contributed by atoms with E-state index < -0.39 is 0 Å². The second-order valence-electron chi connectivity index (χ2n) is 6.73. The highest BCUT2D eigenvalue weighted by Crippen LogP contribution is 2.29. The van der Waals surface area contributed by atoms with Crippen molar-refractivity contribution in [2.24, 2.45) is 0 Å². The lowest BCUT2D eigenvalue weighted by Crippen LogP contribution is -2.31. The molecular weight excluding hydrogens is 438 g/mol. The lowest BCUT2D eigenvalue weighted by atomic mass is 10.2. The molecule has 0 N–H and O–H groups in total. The number of hydrogen-bond acceptors (Lipinski definition) is 4. The molecule has 2 aromatic carbocycles. The first-order valence-electron chi connectivity index (χ1n) is 9.29. The van der Waals surface area contributed by atoms with Gasteiger partial charge in [0.25, 0.3) is 5.56 Å². The Kier molecular flexibility index (Phi) is 5.55. The highest BCUT2D eigenvalue weighted by Gasteiger charge is 2.24. The van der Waals surface area contributed by atoms with Gasteiger partial charge in [-0.2, -0.15) is 0 Å². The number of anilines is 1. The third-order valence-electron chi connectivity index (χ3n) is 4.84. The molecule has 0 bridgehead atoms. The van der Waals surface area contributed by atoms with E-state index in [0.717, 1.165) is 23.0 Å². The molecule has 7 heteroatoms. The molecule has 0 radical (unpaired) electrons. The molecule has 0 atom stereocenters. The Hall–Kier alpha value is -2.12. The normalized spacial score (nSPS) is 13.1. The van der Waals surface area contributed by atoms with E-state index in [1.54, 1.807) is 10.6 Å². The molecule has 1 aromatic heterocycles. The van der Waals surface area contributed by atoms with Crippen LogP contribution in [0.15, 0.2) is 56.9 Å². The van der Waals surface area contributed by atoms with Gasteiger partial charge in [-0.15, -0.1) is 0 Å². The molecule has 1 aliphatic rings. The molecule has 3 aromatic rings. The number of benzene rings is 2. The van der Waals surface area contributed by atoms with E-state index in [2.05, 4.69) is 27.0 Å². The summed E-state index contributed by atoms with van der Waals surface area (Å²) >= 11 is 4.76. The van der Waals surface area contributed by atoms with E-state index >= 15 is 0 Å². The molecule has 0 fully saturated rings. The van der Waals surface area contributed by atoms with E-state index in [1.807, 2.05) is 42.2 Å². The van der Waals surface area contributed by atoms with Gasteiger partial charge in [0.2, 0.25) is 5.91 Å². The van der Waals surface area contributed by atoms with Crippen LogP contribution in [0.1, 0.15) is 18.9 Å². The summed E-state index contributed by atoms with van der Waals surface area (Å²) < 4.78 is 2.54. The summed E-state index contributed by atoms with van der Waals surface area (Å²) in [4.78, 5) is 32.3. The minimum atomic E-state index is -0.0605. The second-order valence-corrected chi connectivity index (χ2v) is 8.58. The molecule has 0 unspecified atom stereocenters. The average molecular weight is 458 g/mol. The van der Waals surface area contributed by atoms with Crippen molar-refractivity contribution < 1.29 is 4.79 Å². The van der Waals surface area contributed by atoms with Crippen LogP contribution in [0.25, 0.3) is 10.9 Å². The second kappa shape index (κ2) is 8.09. The van der Waals surface area contributed by atoms with Crippen molar-refractivity contribution in [2.45, 2.75) is 31.5 Å². The van der Waals surface area contributed by atoms with Crippen molar-refractivity contribution in [3.63, 3.8) is 0 Å². The Bertz CT molecular complexity index is 1110. The van der Waals surface area contributed by atoms with Gasteiger partial charge in [0.15, 0.2) is 5.16 Å². The van der Waals surface area contributed by atoms with E-state index in [4.69, 9.17) is 0 Å². The van der Waals surface area contributed by atoms with Gasteiger partial charge in [-0.1, -0.05) is 52.8 Å². The predicted octanol–water partition coefficient (Wildman–Crippen LogP) is 4.25. The molecule has 1 amide bonds. The van der Waals surface area contributed by atoms with E-state index in [-0.39, 0.29) is 17.2 Å². The van der Waals surface area contributed by atoms with E-state index in [9.17, 15) is 9.59 Å². The van der Waals surface area contributed by atoms with Gasteiger partial charge in [-0.25, -0.2) is 4.98 Å². The summed E-state index contributed by atoms with van der Waals surface area (Å²) in [6.45, 7) is 3.31. The van der Waals surface area contributed by atoms with Gasteiger partial charge in [0.1, 0.15) is 0 Å². The largest absolute Gasteiger partial charge is 0.311 e. The van der Waals surface area contributed by atoms with Crippen LogP contribution in [0.3, 0.4) is 0 Å². The number of carbonyl (C=O) groups excluding carboxylic acids is 1. The van der Waals surface area contributed by atoms with E-state index in [0.29, 0.717) is 29.1 Å². The number of hydrogen-bond donors (Lipinski definition) is 0. The Balaban J connectivity index is 1.61. The van der Waals surface area contributed by atoms with Gasteiger partial charge < -0.3 is 4.90 Å². The van der Waals surface area contributed by atoms with Crippen LogP contribution in [0.2, 0.25) is 0 Å². The molecule has 0 aliphatic carbocycles. The van der Waals surface area contributed by atoms with Crippen molar-refractivity contribution in [3.05, 3.63) is 62.9 Å². The van der Waals surface area contributed by atoms with Crippen LogP contribution in [-0.2, 0) is 17.8 Å². The lowest BCUT2D eigenvalue weighted by Gasteiger charge is -2.18. The number of amides is 1. The molecule has 144 valence electrons. The van der Waals surface area contributed by atoms with Gasteiger partial charge in [-0.05, 0) is 42.7 Å². The van der Waals surface area contributed by atoms with Crippen LogP contribution < -0.4 is 10.5 Å². The summed E-state index contributed by atoms with van der Waals surface area (Å²) in [6.07, 6.45) is 1.71. The first kappa shape index (κ1) is 19.2. The lowest BCUT2D eigenvalue weighted by molar-refractivity contribution is -0.116. The highest BCUT2D eigenvalue weighted by atomic mass is 79.9. The molecule has 4 rings (SSSR count). The number of aromatic nitrogens is 2. The van der Waals surface area contributed by atoms with Crippen molar-refractivity contribution in [1.29, 1.82) is 0 Å². The molecule has 0 saturated heterocycles. The molecule has 2 heterocycles. The number of nitrogens with zero attached hydrogens (tertiary/aromatic N) is 3. The van der Waals surface area contributed by atoms with Crippen LogP contribution in [0, 0.1) is 0 Å². The summed E-state index contributed by atoms with van der Waals surface area (Å²) in [5.74, 6) is 0.301. The molecule has 1 aliphatic heterocycles. The van der Waals surface area contributed by atoms with Crippen LogP contribution in [0.4, 0.5) is 5.69 Å². The predicted molar refractivity (Wildman–Crippen MR) is 117 cm³/mol. The number of rotatable bonds is 5. The topological polar surface area (TPSA) is 55.2 Å². The summed E-state index contributed by atoms with van der Waals surface area (Å²) in [5, 5.41) is 1.19. The van der Waals surface area contributed by atoms with Crippen LogP contribution in [0.5, 0.6) is 0 Å². The Morgan fingerprint density at radius 3 is 2.89 bits per heavy atom. The van der Waals surface area contributed by atoms with Crippen molar-refractivity contribution in [3.8, 4) is 0 Å². The summed E-state index contributed by atoms with van der Waals surface area (Å²) in [5.41, 5.74) is 2.80. The van der Waals surface area contributed by atoms with Gasteiger partial charge in [-0.3, -0.25) is 14.2 Å². The Morgan fingerprint density at radius 1 is 1.25 bits per heavy atom. The zero-order chi connectivity index (χ0) is 19.7. The minimum Gasteiger partial charge on any atom is -0.311 e. The Labute approximate surface area is 175 Å². The highest BCUT2D eigenvalue weighted by molar-refractivity contribution is 9.10. The van der Waals surface area contributed by atoms with Crippen LogP contribution >= 0.6 is 27.7 Å². The summed E-state index contributed by atoms with van der Waals surface area (Å²) in [7, 11) is 0. The smallest absolute Gasteiger partial charge is 0.262 e. The number of carbonyl (C=O) groups is 1.